The van der Waals surface area contributed by atoms with Gasteiger partial charge in [0.15, 0.2) is 5.78 Å². The summed E-state index contributed by atoms with van der Waals surface area (Å²) in [6.45, 7) is 1.54. The number of nitrogens with zero attached hydrogens (tertiary/aromatic N) is 2. The van der Waals surface area contributed by atoms with E-state index in [2.05, 4.69) is 0 Å². The first-order valence-electron chi connectivity index (χ1n) is 8.59. The molecular formula is C20H19ClN2O3. The van der Waals surface area contributed by atoms with Gasteiger partial charge in [0.05, 0.1) is 5.56 Å². The van der Waals surface area contributed by atoms with Crippen molar-refractivity contribution in [1.82, 2.24) is 4.57 Å². The topological polar surface area (TPSA) is 83.1 Å². The average molecular weight is 371 g/mol. The summed E-state index contributed by atoms with van der Waals surface area (Å²) in [5, 5.41) is 20.7. The van der Waals surface area contributed by atoms with Crippen LogP contribution in [-0.2, 0) is 6.42 Å². The van der Waals surface area contributed by atoms with Crippen LogP contribution in [0.15, 0.2) is 29.1 Å². The molecule has 0 amide bonds. The highest BCUT2D eigenvalue weighted by atomic mass is 35.5. The minimum absolute atomic E-state index is 0.0549. The standard InChI is InChI=1S/C20H19ClN2O3/c1-12-16(11-22)19(25)23(15-4-2-3-5-15)20(26)18(12)17(24)10-13-6-8-14(21)9-7-13/h6-9,15,26H,2-5,10H2,1H3. The Kier molecular flexibility index (Phi) is 5.15. The van der Waals surface area contributed by atoms with Crippen LogP contribution in [0.25, 0.3) is 0 Å². The van der Waals surface area contributed by atoms with E-state index in [0.29, 0.717) is 5.02 Å². The molecule has 1 aliphatic carbocycles. The zero-order valence-corrected chi connectivity index (χ0v) is 15.2. The first kappa shape index (κ1) is 18.2. The van der Waals surface area contributed by atoms with Crippen molar-refractivity contribution >= 4 is 17.4 Å². The molecular weight excluding hydrogens is 352 g/mol. The maximum Gasteiger partial charge on any atom is 0.271 e. The monoisotopic (exact) mass is 370 g/mol. The number of carbonyl (C=O) groups excluding carboxylic acids is 1. The third-order valence-electron chi connectivity index (χ3n) is 4.99. The molecule has 1 fully saturated rings. The number of aromatic nitrogens is 1. The van der Waals surface area contributed by atoms with Crippen LogP contribution < -0.4 is 5.56 Å². The van der Waals surface area contributed by atoms with E-state index in [1.807, 2.05) is 6.07 Å². The summed E-state index contributed by atoms with van der Waals surface area (Å²) in [6.07, 6.45) is 3.48. The van der Waals surface area contributed by atoms with E-state index >= 15 is 0 Å². The first-order valence-corrected chi connectivity index (χ1v) is 8.97. The molecule has 6 heteroatoms. The quantitative estimate of drug-likeness (QED) is 0.826. The Bertz CT molecular complexity index is 949. The number of Topliss-reactive ketones (excluding diaryl/α,β-unsaturated/α-hetero) is 1. The van der Waals surface area contributed by atoms with E-state index in [0.717, 1.165) is 31.2 Å². The van der Waals surface area contributed by atoms with E-state index in [1.54, 1.807) is 24.3 Å². The van der Waals surface area contributed by atoms with Gasteiger partial charge in [0.25, 0.3) is 5.56 Å². The molecule has 26 heavy (non-hydrogen) atoms. The fourth-order valence-corrected chi connectivity index (χ4v) is 3.76. The lowest BCUT2D eigenvalue weighted by Crippen LogP contribution is -2.29. The van der Waals surface area contributed by atoms with Gasteiger partial charge in [-0.15, -0.1) is 0 Å². The second kappa shape index (κ2) is 7.35. The second-order valence-electron chi connectivity index (χ2n) is 6.65. The Hall–Kier alpha value is -2.58. The van der Waals surface area contributed by atoms with E-state index in [1.165, 1.54) is 11.5 Å². The van der Waals surface area contributed by atoms with Crippen LogP contribution >= 0.6 is 11.6 Å². The van der Waals surface area contributed by atoms with E-state index in [-0.39, 0.29) is 40.8 Å². The SMILES string of the molecule is Cc1c(C(=O)Cc2ccc(Cl)cc2)c(O)n(C2CCCC2)c(=O)c1C#N. The first-order chi connectivity index (χ1) is 12.4. The molecule has 1 aromatic heterocycles. The van der Waals surface area contributed by atoms with Gasteiger partial charge < -0.3 is 5.11 Å². The van der Waals surface area contributed by atoms with E-state index in [4.69, 9.17) is 11.6 Å². The molecule has 3 rings (SSSR count). The highest BCUT2D eigenvalue weighted by Crippen LogP contribution is 2.34. The second-order valence-corrected chi connectivity index (χ2v) is 7.09. The molecule has 2 aromatic rings. The Morgan fingerprint density at radius 2 is 1.92 bits per heavy atom. The lowest BCUT2D eigenvalue weighted by atomic mass is 9.97. The van der Waals surface area contributed by atoms with Crippen LogP contribution in [-0.4, -0.2) is 15.5 Å². The summed E-state index contributed by atoms with van der Waals surface area (Å²) < 4.78 is 1.24. The maximum absolute atomic E-state index is 12.9. The molecule has 1 aliphatic rings. The van der Waals surface area contributed by atoms with Gasteiger partial charge in [-0.1, -0.05) is 36.6 Å². The van der Waals surface area contributed by atoms with Crippen LogP contribution in [0.4, 0.5) is 0 Å². The number of aromatic hydroxyl groups is 1. The predicted octanol–water partition coefficient (Wildman–Crippen LogP) is 3.93. The molecule has 0 atom stereocenters. The smallest absolute Gasteiger partial charge is 0.271 e. The van der Waals surface area contributed by atoms with Crippen molar-refractivity contribution < 1.29 is 9.90 Å². The maximum atomic E-state index is 12.9. The number of pyridine rings is 1. The molecule has 0 saturated heterocycles. The van der Waals surface area contributed by atoms with Gasteiger partial charge in [-0.2, -0.15) is 5.26 Å². The van der Waals surface area contributed by atoms with Crippen molar-refractivity contribution in [1.29, 1.82) is 5.26 Å². The Morgan fingerprint density at radius 3 is 2.50 bits per heavy atom. The number of nitriles is 1. The zero-order valence-electron chi connectivity index (χ0n) is 14.5. The van der Waals surface area contributed by atoms with Gasteiger partial charge in [0.2, 0.25) is 5.88 Å². The fourth-order valence-electron chi connectivity index (χ4n) is 3.63. The van der Waals surface area contributed by atoms with Gasteiger partial charge in [-0.25, -0.2) is 0 Å². The molecule has 0 bridgehead atoms. The number of hydrogen-bond donors (Lipinski definition) is 1. The molecule has 0 radical (unpaired) electrons. The van der Waals surface area contributed by atoms with Gasteiger partial charge >= 0.3 is 0 Å². The molecule has 1 N–H and O–H groups in total. The van der Waals surface area contributed by atoms with E-state index < -0.39 is 5.56 Å². The number of carbonyl (C=O) groups is 1. The average Bonchev–Trinajstić information content (AvgIpc) is 3.11. The molecule has 5 nitrogen and oxygen atoms in total. The summed E-state index contributed by atoms with van der Waals surface area (Å²) in [6, 6.07) is 8.60. The van der Waals surface area contributed by atoms with E-state index in [9.17, 15) is 20.0 Å². The normalized spacial score (nSPS) is 14.3. The summed E-state index contributed by atoms with van der Waals surface area (Å²) in [4.78, 5) is 25.5. The van der Waals surface area contributed by atoms with Crippen molar-refractivity contribution in [3.8, 4) is 11.9 Å². The van der Waals surface area contributed by atoms with Crippen molar-refractivity contribution in [2.75, 3.05) is 0 Å². The lowest BCUT2D eigenvalue weighted by Gasteiger charge is -2.20. The summed E-state index contributed by atoms with van der Waals surface area (Å²) in [5.74, 6) is -0.650. The Labute approximate surface area is 156 Å². The minimum Gasteiger partial charge on any atom is -0.494 e. The van der Waals surface area contributed by atoms with Gasteiger partial charge in [0, 0.05) is 17.5 Å². The number of rotatable bonds is 4. The van der Waals surface area contributed by atoms with Crippen LogP contribution in [0.1, 0.15) is 58.8 Å². The number of hydrogen-bond acceptors (Lipinski definition) is 4. The minimum atomic E-state index is -0.516. The summed E-state index contributed by atoms with van der Waals surface area (Å²) in [7, 11) is 0. The highest BCUT2D eigenvalue weighted by Gasteiger charge is 2.28. The molecule has 1 saturated carbocycles. The van der Waals surface area contributed by atoms with Gasteiger partial charge in [-0.3, -0.25) is 14.2 Å². The van der Waals surface area contributed by atoms with Crippen LogP contribution in [0.5, 0.6) is 5.88 Å². The van der Waals surface area contributed by atoms with Crippen LogP contribution in [0.3, 0.4) is 0 Å². The molecule has 1 heterocycles. The van der Waals surface area contributed by atoms with Crippen molar-refractivity contribution in [2.24, 2.45) is 0 Å². The predicted molar refractivity (Wildman–Crippen MR) is 98.8 cm³/mol. The third-order valence-corrected chi connectivity index (χ3v) is 5.24. The van der Waals surface area contributed by atoms with Gasteiger partial charge in [0.1, 0.15) is 11.6 Å². The Morgan fingerprint density at radius 1 is 1.31 bits per heavy atom. The molecule has 0 unspecified atom stereocenters. The van der Waals surface area contributed by atoms with Gasteiger partial charge in [-0.05, 0) is 43.0 Å². The Balaban J connectivity index is 2.09. The number of benzene rings is 1. The fraction of sp³-hybridized carbons (Fsp3) is 0.350. The van der Waals surface area contributed by atoms with Crippen LogP contribution in [0, 0.1) is 18.3 Å². The van der Waals surface area contributed by atoms with Crippen molar-refractivity contribution in [2.45, 2.75) is 45.1 Å². The largest absolute Gasteiger partial charge is 0.494 e. The third kappa shape index (κ3) is 3.25. The molecule has 1 aromatic carbocycles. The summed E-state index contributed by atoms with van der Waals surface area (Å²) >= 11 is 5.87. The zero-order chi connectivity index (χ0) is 18.8. The molecule has 134 valence electrons. The number of ketones is 1. The van der Waals surface area contributed by atoms with Crippen molar-refractivity contribution in [3.05, 3.63) is 61.9 Å². The molecule has 0 aliphatic heterocycles. The highest BCUT2D eigenvalue weighted by molar-refractivity contribution is 6.30. The van der Waals surface area contributed by atoms with Crippen molar-refractivity contribution in [3.63, 3.8) is 0 Å². The van der Waals surface area contributed by atoms with Crippen LogP contribution in [0.2, 0.25) is 5.02 Å². The molecule has 0 spiro atoms. The summed E-state index contributed by atoms with van der Waals surface area (Å²) in [5.41, 5.74) is 0.452. The lowest BCUT2D eigenvalue weighted by molar-refractivity contribution is 0.0987. The number of halogens is 1.